The Morgan fingerprint density at radius 3 is 2.80 bits per heavy atom. The number of H-pyrrole nitrogens is 1. The van der Waals surface area contributed by atoms with E-state index in [-0.39, 0.29) is 0 Å². The zero-order valence-electron chi connectivity index (χ0n) is 13.2. The molecule has 0 saturated heterocycles. The molecule has 5 nitrogen and oxygen atoms in total. The summed E-state index contributed by atoms with van der Waals surface area (Å²) in [6.07, 6.45) is 3.33. The van der Waals surface area contributed by atoms with Gasteiger partial charge in [-0.1, -0.05) is 54.6 Å². The van der Waals surface area contributed by atoms with Crippen LogP contribution in [0.5, 0.6) is 5.75 Å². The first-order chi connectivity index (χ1) is 12.2. The second kappa shape index (κ2) is 7.92. The molecule has 1 N–H and O–H groups in total. The molecule has 1 heterocycles. The Bertz CT molecular complexity index is 963. The van der Waals surface area contributed by atoms with Crippen LogP contribution in [0.3, 0.4) is 0 Å². The number of nitrogens with one attached hydrogen (secondary N) is 1. The fourth-order valence-electron chi connectivity index (χ4n) is 2.16. The minimum atomic E-state index is 0.401. The number of halogens is 1. The summed E-state index contributed by atoms with van der Waals surface area (Å²) in [5.41, 5.74) is 1.73. The SMILES string of the molecule is C=CCOc1ccc(/C=N\n2c(-c3ccccc3)n[nH]c2=S)cc1Cl. The summed E-state index contributed by atoms with van der Waals surface area (Å²) in [6, 6.07) is 15.1. The number of aromatic amines is 1. The van der Waals surface area contributed by atoms with Crippen molar-refractivity contribution < 1.29 is 4.74 Å². The van der Waals surface area contributed by atoms with Gasteiger partial charge < -0.3 is 4.74 Å². The van der Waals surface area contributed by atoms with E-state index < -0.39 is 0 Å². The molecule has 0 amide bonds. The Hall–Kier alpha value is -2.70. The van der Waals surface area contributed by atoms with Crippen LogP contribution in [0, 0.1) is 4.77 Å². The molecule has 126 valence electrons. The van der Waals surface area contributed by atoms with E-state index in [1.54, 1.807) is 29.1 Å². The molecular formula is C18H15ClN4OS. The number of nitrogens with zero attached hydrogens (tertiary/aromatic N) is 3. The number of benzene rings is 2. The standard InChI is InChI=1S/C18H15ClN4OS/c1-2-10-24-16-9-8-13(11-15(16)19)12-20-23-17(21-22-18(23)25)14-6-4-3-5-7-14/h2-9,11-12H,1,10H2,(H,22,25)/b20-12-. The summed E-state index contributed by atoms with van der Waals surface area (Å²) in [7, 11) is 0. The van der Waals surface area contributed by atoms with Gasteiger partial charge >= 0.3 is 0 Å². The van der Waals surface area contributed by atoms with E-state index in [9.17, 15) is 0 Å². The molecule has 0 spiro atoms. The van der Waals surface area contributed by atoms with E-state index in [1.165, 1.54) is 0 Å². The minimum Gasteiger partial charge on any atom is -0.488 e. The van der Waals surface area contributed by atoms with Crippen molar-refractivity contribution in [3.8, 4) is 17.1 Å². The Morgan fingerprint density at radius 2 is 2.08 bits per heavy atom. The van der Waals surface area contributed by atoms with Gasteiger partial charge in [-0.05, 0) is 36.0 Å². The van der Waals surface area contributed by atoms with Gasteiger partial charge in [0, 0.05) is 5.56 Å². The Kier molecular flexibility index (Phi) is 5.42. The predicted octanol–water partition coefficient (Wildman–Crippen LogP) is 4.71. The smallest absolute Gasteiger partial charge is 0.216 e. The highest BCUT2D eigenvalue weighted by atomic mass is 35.5. The normalized spacial score (nSPS) is 10.9. The lowest BCUT2D eigenvalue weighted by molar-refractivity contribution is 0.363. The summed E-state index contributed by atoms with van der Waals surface area (Å²) >= 11 is 11.5. The van der Waals surface area contributed by atoms with Gasteiger partial charge in [-0.3, -0.25) is 0 Å². The zero-order chi connectivity index (χ0) is 17.6. The van der Waals surface area contributed by atoms with Crippen molar-refractivity contribution in [3.05, 3.63) is 76.5 Å². The maximum absolute atomic E-state index is 6.22. The molecule has 3 rings (SSSR count). The van der Waals surface area contributed by atoms with Crippen LogP contribution in [-0.4, -0.2) is 27.7 Å². The molecule has 0 fully saturated rings. The number of rotatable bonds is 6. The summed E-state index contributed by atoms with van der Waals surface area (Å²) in [4.78, 5) is 0. The van der Waals surface area contributed by atoms with Crippen LogP contribution in [-0.2, 0) is 0 Å². The van der Waals surface area contributed by atoms with Gasteiger partial charge in [-0.25, -0.2) is 5.10 Å². The molecule has 0 atom stereocenters. The second-order valence-electron chi connectivity index (χ2n) is 5.06. The van der Waals surface area contributed by atoms with Gasteiger partial charge in [0.15, 0.2) is 5.82 Å². The number of hydrogen-bond donors (Lipinski definition) is 1. The van der Waals surface area contributed by atoms with Gasteiger partial charge in [0.05, 0.1) is 11.2 Å². The molecule has 25 heavy (non-hydrogen) atoms. The van der Waals surface area contributed by atoms with E-state index in [2.05, 4.69) is 21.9 Å². The molecule has 0 unspecified atom stereocenters. The van der Waals surface area contributed by atoms with Crippen LogP contribution in [0.15, 0.2) is 66.3 Å². The van der Waals surface area contributed by atoms with Crippen LogP contribution < -0.4 is 4.74 Å². The monoisotopic (exact) mass is 370 g/mol. The van der Waals surface area contributed by atoms with E-state index in [0.717, 1.165) is 11.1 Å². The molecule has 0 radical (unpaired) electrons. The topological polar surface area (TPSA) is 55.2 Å². The molecule has 0 aliphatic heterocycles. The van der Waals surface area contributed by atoms with Crippen molar-refractivity contribution in [3.63, 3.8) is 0 Å². The van der Waals surface area contributed by atoms with Crippen LogP contribution in [0.2, 0.25) is 5.02 Å². The first-order valence-electron chi connectivity index (χ1n) is 7.49. The summed E-state index contributed by atoms with van der Waals surface area (Å²) in [5, 5.41) is 11.9. The minimum absolute atomic E-state index is 0.401. The van der Waals surface area contributed by atoms with E-state index in [0.29, 0.717) is 28.0 Å². The third-order valence-electron chi connectivity index (χ3n) is 3.32. The lowest BCUT2D eigenvalue weighted by atomic mass is 10.2. The quantitative estimate of drug-likeness (QED) is 0.388. The summed E-state index contributed by atoms with van der Waals surface area (Å²) in [5.74, 6) is 1.24. The van der Waals surface area contributed by atoms with Crippen LogP contribution >= 0.6 is 23.8 Å². The summed E-state index contributed by atoms with van der Waals surface area (Å²) in [6.45, 7) is 4.01. The molecule has 7 heteroatoms. The van der Waals surface area contributed by atoms with Crippen LogP contribution in [0.25, 0.3) is 11.4 Å². The lowest BCUT2D eigenvalue weighted by Gasteiger charge is -2.06. The highest BCUT2D eigenvalue weighted by Gasteiger charge is 2.07. The van der Waals surface area contributed by atoms with Crippen LogP contribution in [0.1, 0.15) is 5.56 Å². The average molecular weight is 371 g/mol. The molecule has 0 aliphatic carbocycles. The Morgan fingerprint density at radius 1 is 1.28 bits per heavy atom. The number of aromatic nitrogens is 3. The van der Waals surface area contributed by atoms with Crippen molar-refractivity contribution in [1.29, 1.82) is 0 Å². The van der Waals surface area contributed by atoms with Gasteiger partial charge in [0.25, 0.3) is 0 Å². The van der Waals surface area contributed by atoms with Crippen molar-refractivity contribution in [1.82, 2.24) is 14.9 Å². The van der Waals surface area contributed by atoms with Crippen molar-refractivity contribution in [2.75, 3.05) is 6.61 Å². The first kappa shape index (κ1) is 17.1. The van der Waals surface area contributed by atoms with Gasteiger partial charge in [-0.2, -0.15) is 14.9 Å². The van der Waals surface area contributed by atoms with Gasteiger partial charge in [0.1, 0.15) is 12.4 Å². The molecule has 0 saturated carbocycles. The maximum atomic E-state index is 6.22. The predicted molar refractivity (Wildman–Crippen MR) is 103 cm³/mol. The maximum Gasteiger partial charge on any atom is 0.216 e. The molecular weight excluding hydrogens is 356 g/mol. The zero-order valence-corrected chi connectivity index (χ0v) is 14.8. The number of hydrogen-bond acceptors (Lipinski definition) is 4. The molecule has 2 aromatic carbocycles. The third kappa shape index (κ3) is 4.04. The van der Waals surface area contributed by atoms with Crippen molar-refractivity contribution in [2.45, 2.75) is 0 Å². The molecule has 1 aromatic heterocycles. The Labute approximate surface area is 155 Å². The highest BCUT2D eigenvalue weighted by molar-refractivity contribution is 7.71. The fourth-order valence-corrected chi connectivity index (χ4v) is 2.58. The van der Waals surface area contributed by atoms with E-state index in [4.69, 9.17) is 28.6 Å². The average Bonchev–Trinajstić information content (AvgIpc) is 3.00. The van der Waals surface area contributed by atoms with Gasteiger partial charge in [-0.15, -0.1) is 0 Å². The summed E-state index contributed by atoms with van der Waals surface area (Å²) < 4.78 is 7.44. The fraction of sp³-hybridized carbons (Fsp3) is 0.0556. The largest absolute Gasteiger partial charge is 0.488 e. The second-order valence-corrected chi connectivity index (χ2v) is 5.86. The highest BCUT2D eigenvalue weighted by Crippen LogP contribution is 2.25. The van der Waals surface area contributed by atoms with E-state index in [1.807, 2.05) is 36.4 Å². The Balaban J connectivity index is 1.88. The third-order valence-corrected chi connectivity index (χ3v) is 3.88. The molecule has 0 aliphatic rings. The lowest BCUT2D eigenvalue weighted by Crippen LogP contribution is -1.96. The first-order valence-corrected chi connectivity index (χ1v) is 8.28. The molecule has 0 bridgehead atoms. The number of ether oxygens (including phenoxy) is 1. The van der Waals surface area contributed by atoms with Crippen LogP contribution in [0.4, 0.5) is 0 Å². The van der Waals surface area contributed by atoms with Crippen molar-refractivity contribution in [2.24, 2.45) is 5.10 Å². The molecule has 3 aromatic rings. The van der Waals surface area contributed by atoms with Crippen molar-refractivity contribution >= 4 is 30.0 Å². The van der Waals surface area contributed by atoms with Gasteiger partial charge in [0.2, 0.25) is 4.77 Å². The van der Waals surface area contributed by atoms with E-state index >= 15 is 0 Å².